The van der Waals surface area contributed by atoms with Crippen molar-refractivity contribution in [3.05, 3.63) is 40.1 Å². The van der Waals surface area contributed by atoms with Crippen molar-refractivity contribution in [3.63, 3.8) is 0 Å². The van der Waals surface area contributed by atoms with Crippen LogP contribution in [0.1, 0.15) is 9.75 Å². The first-order valence-electron chi connectivity index (χ1n) is 5.93. The molecule has 0 unspecified atom stereocenters. The summed E-state index contributed by atoms with van der Waals surface area (Å²) in [5.74, 6) is -0.222. The highest BCUT2D eigenvalue weighted by atomic mass is 32.2. The second-order valence-electron chi connectivity index (χ2n) is 4.26. The number of para-hydroxylation sites is 2. The van der Waals surface area contributed by atoms with Crippen LogP contribution in [0.3, 0.4) is 0 Å². The third-order valence-corrected chi connectivity index (χ3v) is 5.22. The molecule has 1 N–H and O–H groups in total. The molecular formula is C13H13F2NO3S2. The number of halogens is 2. The zero-order chi connectivity index (χ0) is 15.6. The van der Waals surface area contributed by atoms with Crippen LogP contribution in [0.4, 0.5) is 14.5 Å². The summed E-state index contributed by atoms with van der Waals surface area (Å²) in [5, 5.41) is 0. The molecule has 114 valence electrons. The lowest BCUT2D eigenvalue weighted by Gasteiger charge is -2.12. The van der Waals surface area contributed by atoms with E-state index in [0.717, 1.165) is 4.88 Å². The highest BCUT2D eigenvalue weighted by Gasteiger charge is 2.21. The first-order chi connectivity index (χ1) is 9.79. The van der Waals surface area contributed by atoms with E-state index >= 15 is 0 Å². The highest BCUT2D eigenvalue weighted by Crippen LogP contribution is 2.31. The van der Waals surface area contributed by atoms with Gasteiger partial charge in [0.25, 0.3) is 10.0 Å². The van der Waals surface area contributed by atoms with Gasteiger partial charge in [0.05, 0.1) is 5.69 Å². The van der Waals surface area contributed by atoms with Gasteiger partial charge in [-0.05, 0) is 32.0 Å². The molecule has 0 spiro atoms. The standard InChI is InChI=1S/C13H13F2NO3S2/c1-8-7-12(9(2)20-8)21(17,18)16-10-5-3-4-6-11(10)19-13(14)15/h3-7,13,16H,1-2H3. The minimum absolute atomic E-state index is 0.0268. The van der Waals surface area contributed by atoms with Gasteiger partial charge in [-0.15, -0.1) is 11.3 Å². The number of sulfonamides is 1. The van der Waals surface area contributed by atoms with E-state index in [0.29, 0.717) is 4.88 Å². The smallest absolute Gasteiger partial charge is 0.387 e. The number of thiophene rings is 1. The molecule has 0 saturated carbocycles. The van der Waals surface area contributed by atoms with Gasteiger partial charge in [0, 0.05) is 9.75 Å². The summed E-state index contributed by atoms with van der Waals surface area (Å²) in [7, 11) is -3.85. The van der Waals surface area contributed by atoms with E-state index < -0.39 is 16.6 Å². The van der Waals surface area contributed by atoms with E-state index in [-0.39, 0.29) is 16.3 Å². The van der Waals surface area contributed by atoms with Crippen LogP contribution >= 0.6 is 11.3 Å². The summed E-state index contributed by atoms with van der Waals surface area (Å²) in [6.07, 6.45) is 0. The van der Waals surface area contributed by atoms with Crippen LogP contribution in [0, 0.1) is 13.8 Å². The Morgan fingerprint density at radius 1 is 1.24 bits per heavy atom. The molecule has 0 aliphatic carbocycles. The van der Waals surface area contributed by atoms with Crippen molar-refractivity contribution in [1.29, 1.82) is 0 Å². The van der Waals surface area contributed by atoms with E-state index in [9.17, 15) is 17.2 Å². The van der Waals surface area contributed by atoms with Gasteiger partial charge < -0.3 is 4.74 Å². The van der Waals surface area contributed by atoms with Gasteiger partial charge in [0.15, 0.2) is 0 Å². The second-order valence-corrected chi connectivity index (χ2v) is 7.37. The Labute approximate surface area is 125 Å². The summed E-state index contributed by atoms with van der Waals surface area (Å²) in [6, 6.07) is 7.19. The van der Waals surface area contributed by atoms with Gasteiger partial charge >= 0.3 is 6.61 Å². The minimum Gasteiger partial charge on any atom is -0.433 e. The van der Waals surface area contributed by atoms with Crippen molar-refractivity contribution in [2.45, 2.75) is 25.4 Å². The Kier molecular flexibility index (Phi) is 4.48. The van der Waals surface area contributed by atoms with Crippen molar-refractivity contribution < 1.29 is 21.9 Å². The zero-order valence-corrected chi connectivity index (χ0v) is 12.9. The predicted molar refractivity (Wildman–Crippen MR) is 77.7 cm³/mol. The molecule has 1 heterocycles. The minimum atomic E-state index is -3.85. The van der Waals surface area contributed by atoms with Crippen molar-refractivity contribution in [2.24, 2.45) is 0 Å². The second kappa shape index (κ2) is 5.98. The Morgan fingerprint density at radius 3 is 2.48 bits per heavy atom. The SMILES string of the molecule is Cc1cc(S(=O)(=O)Nc2ccccc2OC(F)F)c(C)s1. The van der Waals surface area contributed by atoms with Crippen LogP contribution in [-0.2, 0) is 10.0 Å². The average Bonchev–Trinajstić information content (AvgIpc) is 2.71. The van der Waals surface area contributed by atoms with E-state index in [1.54, 1.807) is 19.9 Å². The number of benzene rings is 1. The van der Waals surface area contributed by atoms with Crippen LogP contribution in [0.25, 0.3) is 0 Å². The zero-order valence-electron chi connectivity index (χ0n) is 11.3. The summed E-state index contributed by atoms with van der Waals surface area (Å²) in [5.41, 5.74) is -0.0268. The maximum absolute atomic E-state index is 12.3. The van der Waals surface area contributed by atoms with Crippen LogP contribution < -0.4 is 9.46 Å². The number of aryl methyl sites for hydroxylation is 2. The first-order valence-corrected chi connectivity index (χ1v) is 8.23. The molecule has 21 heavy (non-hydrogen) atoms. The van der Waals surface area contributed by atoms with Crippen molar-refractivity contribution >= 4 is 27.0 Å². The Morgan fingerprint density at radius 2 is 1.90 bits per heavy atom. The topological polar surface area (TPSA) is 55.4 Å². The maximum atomic E-state index is 12.3. The number of hydrogen-bond donors (Lipinski definition) is 1. The molecule has 0 amide bonds. The van der Waals surface area contributed by atoms with Gasteiger partial charge in [-0.1, -0.05) is 12.1 Å². The van der Waals surface area contributed by atoms with E-state index in [1.165, 1.54) is 35.6 Å². The molecule has 0 radical (unpaired) electrons. The normalized spacial score (nSPS) is 11.7. The summed E-state index contributed by atoms with van der Waals surface area (Å²) in [6.45, 7) is 0.457. The molecule has 8 heteroatoms. The van der Waals surface area contributed by atoms with E-state index in [2.05, 4.69) is 9.46 Å². The Balaban J connectivity index is 2.35. The lowest BCUT2D eigenvalue weighted by atomic mass is 10.3. The lowest BCUT2D eigenvalue weighted by Crippen LogP contribution is -2.14. The Hall–Kier alpha value is -1.67. The molecule has 2 aromatic rings. The molecule has 0 aliphatic rings. The van der Waals surface area contributed by atoms with Crippen molar-refractivity contribution in [1.82, 2.24) is 0 Å². The predicted octanol–water partition coefficient (Wildman–Crippen LogP) is 3.77. The van der Waals surface area contributed by atoms with Gasteiger partial charge in [0.2, 0.25) is 0 Å². The van der Waals surface area contributed by atoms with Crippen molar-refractivity contribution in [2.75, 3.05) is 4.72 Å². The Bertz CT molecular complexity index is 742. The number of anilines is 1. The van der Waals surface area contributed by atoms with Gasteiger partial charge in [-0.2, -0.15) is 8.78 Å². The van der Waals surface area contributed by atoms with Crippen molar-refractivity contribution in [3.8, 4) is 5.75 Å². The largest absolute Gasteiger partial charge is 0.433 e. The molecule has 4 nitrogen and oxygen atoms in total. The van der Waals surface area contributed by atoms with Crippen LogP contribution in [0.2, 0.25) is 0 Å². The van der Waals surface area contributed by atoms with Crippen LogP contribution in [0.5, 0.6) is 5.75 Å². The maximum Gasteiger partial charge on any atom is 0.387 e. The molecule has 0 atom stereocenters. The molecule has 1 aromatic carbocycles. The summed E-state index contributed by atoms with van der Waals surface area (Å²) < 4.78 is 55.9. The molecular weight excluding hydrogens is 320 g/mol. The number of rotatable bonds is 5. The molecule has 0 fully saturated rings. The number of nitrogens with one attached hydrogen (secondary N) is 1. The first kappa shape index (κ1) is 15.7. The molecule has 1 aromatic heterocycles. The quantitative estimate of drug-likeness (QED) is 0.906. The third-order valence-electron chi connectivity index (χ3n) is 2.63. The van der Waals surface area contributed by atoms with E-state index in [1.807, 2.05) is 0 Å². The highest BCUT2D eigenvalue weighted by molar-refractivity contribution is 7.93. The third kappa shape index (κ3) is 3.70. The fourth-order valence-corrected chi connectivity index (χ4v) is 4.45. The molecule has 0 aliphatic heterocycles. The van der Waals surface area contributed by atoms with Crippen LogP contribution in [-0.4, -0.2) is 15.0 Å². The number of hydrogen-bond acceptors (Lipinski definition) is 4. The monoisotopic (exact) mass is 333 g/mol. The summed E-state index contributed by atoms with van der Waals surface area (Å²) in [4.78, 5) is 1.62. The molecule has 0 saturated heterocycles. The fourth-order valence-electron chi connectivity index (χ4n) is 1.82. The lowest BCUT2D eigenvalue weighted by molar-refractivity contribution is -0.0493. The summed E-state index contributed by atoms with van der Waals surface area (Å²) >= 11 is 1.35. The fraction of sp³-hybridized carbons (Fsp3) is 0.231. The van der Waals surface area contributed by atoms with E-state index in [4.69, 9.17) is 0 Å². The van der Waals surface area contributed by atoms with Crippen LogP contribution in [0.15, 0.2) is 35.2 Å². The molecule has 2 rings (SSSR count). The number of alkyl halides is 2. The average molecular weight is 333 g/mol. The van der Waals surface area contributed by atoms with Gasteiger partial charge in [0.1, 0.15) is 10.6 Å². The molecule has 0 bridgehead atoms. The van der Waals surface area contributed by atoms with Gasteiger partial charge in [-0.3, -0.25) is 4.72 Å². The van der Waals surface area contributed by atoms with Gasteiger partial charge in [-0.25, -0.2) is 8.42 Å². The number of ether oxygens (including phenoxy) is 1.